The van der Waals surface area contributed by atoms with Gasteiger partial charge in [0.25, 0.3) is 0 Å². The Balaban J connectivity index is 3.08. The first-order valence-electron chi connectivity index (χ1n) is 4.84. The first-order chi connectivity index (χ1) is 6.32. The summed E-state index contributed by atoms with van der Waals surface area (Å²) in [6, 6.07) is 5.94. The SMILES string of the molecule is Cc1cc(Cl)ccc1[C@@H](N)C(C)(C)C. The lowest BCUT2D eigenvalue weighted by Crippen LogP contribution is -2.26. The van der Waals surface area contributed by atoms with Crippen LogP contribution in [-0.4, -0.2) is 0 Å². The van der Waals surface area contributed by atoms with Gasteiger partial charge in [-0.1, -0.05) is 38.4 Å². The van der Waals surface area contributed by atoms with Crippen LogP contribution < -0.4 is 5.73 Å². The normalized spacial score (nSPS) is 14.1. The van der Waals surface area contributed by atoms with E-state index in [1.54, 1.807) is 0 Å². The zero-order valence-electron chi connectivity index (χ0n) is 9.26. The molecule has 0 aromatic heterocycles. The highest BCUT2D eigenvalue weighted by Crippen LogP contribution is 2.32. The van der Waals surface area contributed by atoms with Crippen LogP contribution in [0.5, 0.6) is 0 Å². The van der Waals surface area contributed by atoms with Crippen LogP contribution in [0, 0.1) is 12.3 Å². The van der Waals surface area contributed by atoms with Crippen LogP contribution in [0.25, 0.3) is 0 Å². The molecule has 78 valence electrons. The lowest BCUT2D eigenvalue weighted by molar-refractivity contribution is 0.326. The minimum absolute atomic E-state index is 0.0553. The molecular formula is C12H18ClN. The largest absolute Gasteiger partial charge is 0.324 e. The van der Waals surface area contributed by atoms with Gasteiger partial charge >= 0.3 is 0 Å². The third-order valence-corrected chi connectivity index (χ3v) is 2.74. The number of hydrogen-bond donors (Lipinski definition) is 1. The highest BCUT2D eigenvalue weighted by atomic mass is 35.5. The van der Waals surface area contributed by atoms with E-state index < -0.39 is 0 Å². The molecular weight excluding hydrogens is 194 g/mol. The lowest BCUT2D eigenvalue weighted by Gasteiger charge is -2.28. The third-order valence-electron chi connectivity index (χ3n) is 2.50. The Morgan fingerprint density at radius 1 is 1.29 bits per heavy atom. The van der Waals surface area contributed by atoms with Gasteiger partial charge in [-0.2, -0.15) is 0 Å². The molecule has 0 fully saturated rings. The minimum Gasteiger partial charge on any atom is -0.324 e. The molecule has 1 aromatic rings. The van der Waals surface area contributed by atoms with Gasteiger partial charge in [-0.25, -0.2) is 0 Å². The molecule has 0 aliphatic rings. The van der Waals surface area contributed by atoms with E-state index in [0.717, 1.165) is 5.02 Å². The molecule has 2 N–H and O–H groups in total. The summed E-state index contributed by atoms with van der Waals surface area (Å²) in [5, 5.41) is 0.771. The van der Waals surface area contributed by atoms with Crippen molar-refractivity contribution in [2.75, 3.05) is 0 Å². The zero-order chi connectivity index (χ0) is 10.9. The summed E-state index contributed by atoms with van der Waals surface area (Å²) in [4.78, 5) is 0. The van der Waals surface area contributed by atoms with Crippen LogP contribution in [0.4, 0.5) is 0 Å². The molecule has 1 aromatic carbocycles. The number of nitrogens with two attached hydrogens (primary N) is 1. The van der Waals surface area contributed by atoms with Crippen molar-refractivity contribution in [3.8, 4) is 0 Å². The monoisotopic (exact) mass is 211 g/mol. The van der Waals surface area contributed by atoms with Gasteiger partial charge in [-0.15, -0.1) is 0 Å². The molecule has 1 nitrogen and oxygen atoms in total. The van der Waals surface area contributed by atoms with E-state index in [1.165, 1.54) is 11.1 Å². The van der Waals surface area contributed by atoms with Crippen molar-refractivity contribution in [2.45, 2.75) is 33.7 Å². The van der Waals surface area contributed by atoms with E-state index in [9.17, 15) is 0 Å². The molecule has 0 bridgehead atoms. The Labute approximate surface area is 91.3 Å². The highest BCUT2D eigenvalue weighted by Gasteiger charge is 2.23. The van der Waals surface area contributed by atoms with Crippen LogP contribution in [0.15, 0.2) is 18.2 Å². The summed E-state index contributed by atoms with van der Waals surface area (Å²) in [6.45, 7) is 8.48. The van der Waals surface area contributed by atoms with Gasteiger partial charge in [-0.3, -0.25) is 0 Å². The second kappa shape index (κ2) is 3.92. The molecule has 1 rings (SSSR count). The molecule has 0 unspecified atom stereocenters. The predicted molar refractivity (Wildman–Crippen MR) is 62.6 cm³/mol. The van der Waals surface area contributed by atoms with E-state index in [4.69, 9.17) is 17.3 Å². The topological polar surface area (TPSA) is 26.0 Å². The fourth-order valence-electron chi connectivity index (χ4n) is 1.45. The fraction of sp³-hybridized carbons (Fsp3) is 0.500. The quantitative estimate of drug-likeness (QED) is 0.754. The molecule has 14 heavy (non-hydrogen) atoms. The maximum atomic E-state index is 6.18. The van der Waals surface area contributed by atoms with Crippen molar-refractivity contribution in [3.05, 3.63) is 34.3 Å². The maximum Gasteiger partial charge on any atom is 0.0408 e. The highest BCUT2D eigenvalue weighted by molar-refractivity contribution is 6.30. The van der Waals surface area contributed by atoms with Crippen molar-refractivity contribution >= 4 is 11.6 Å². The first-order valence-corrected chi connectivity index (χ1v) is 5.22. The third kappa shape index (κ3) is 2.49. The predicted octanol–water partition coefficient (Wildman–Crippen LogP) is 3.69. The molecule has 2 heteroatoms. The van der Waals surface area contributed by atoms with Gasteiger partial charge in [0.1, 0.15) is 0 Å². The van der Waals surface area contributed by atoms with Crippen molar-refractivity contribution in [1.82, 2.24) is 0 Å². The van der Waals surface area contributed by atoms with Crippen molar-refractivity contribution in [2.24, 2.45) is 11.1 Å². The van der Waals surface area contributed by atoms with E-state index in [-0.39, 0.29) is 11.5 Å². The molecule has 0 heterocycles. The van der Waals surface area contributed by atoms with Gasteiger partial charge in [0, 0.05) is 11.1 Å². The average molecular weight is 212 g/mol. The minimum atomic E-state index is 0.0553. The number of rotatable bonds is 1. The summed E-state index contributed by atoms with van der Waals surface area (Å²) in [5.41, 5.74) is 8.61. The summed E-state index contributed by atoms with van der Waals surface area (Å²) in [5.74, 6) is 0. The molecule has 0 spiro atoms. The van der Waals surface area contributed by atoms with Gasteiger partial charge in [0.05, 0.1) is 0 Å². The standard InChI is InChI=1S/C12H18ClN/c1-8-7-9(13)5-6-10(8)11(14)12(2,3)4/h5-7,11H,14H2,1-4H3/t11-/m1/s1. The molecule has 0 amide bonds. The van der Waals surface area contributed by atoms with E-state index in [2.05, 4.69) is 20.8 Å². The van der Waals surface area contributed by atoms with Gasteiger partial charge in [0.15, 0.2) is 0 Å². The fourth-order valence-corrected chi connectivity index (χ4v) is 1.68. The number of halogens is 1. The smallest absolute Gasteiger partial charge is 0.0408 e. The average Bonchev–Trinajstić information content (AvgIpc) is 2.01. The molecule has 1 atom stereocenters. The first kappa shape index (κ1) is 11.5. The number of aryl methyl sites for hydroxylation is 1. The van der Waals surface area contributed by atoms with Crippen LogP contribution >= 0.6 is 11.6 Å². The van der Waals surface area contributed by atoms with Gasteiger partial charge < -0.3 is 5.73 Å². The van der Waals surface area contributed by atoms with Gasteiger partial charge in [-0.05, 0) is 35.6 Å². The van der Waals surface area contributed by atoms with E-state index in [1.807, 2.05) is 25.1 Å². The summed E-state index contributed by atoms with van der Waals surface area (Å²) in [6.07, 6.45) is 0. The number of hydrogen-bond acceptors (Lipinski definition) is 1. The Kier molecular flexibility index (Phi) is 3.23. The van der Waals surface area contributed by atoms with Crippen LogP contribution in [0.1, 0.15) is 37.9 Å². The Bertz CT molecular complexity index is 326. The summed E-state index contributed by atoms with van der Waals surface area (Å²) >= 11 is 5.90. The van der Waals surface area contributed by atoms with Crippen LogP contribution in [-0.2, 0) is 0 Å². The van der Waals surface area contributed by atoms with E-state index >= 15 is 0 Å². The molecule has 0 radical (unpaired) electrons. The lowest BCUT2D eigenvalue weighted by atomic mass is 9.81. The molecule has 0 aliphatic carbocycles. The van der Waals surface area contributed by atoms with Crippen molar-refractivity contribution in [1.29, 1.82) is 0 Å². The maximum absolute atomic E-state index is 6.18. The molecule has 0 saturated heterocycles. The second-order valence-electron chi connectivity index (χ2n) is 4.84. The van der Waals surface area contributed by atoms with Gasteiger partial charge in [0.2, 0.25) is 0 Å². The summed E-state index contributed by atoms with van der Waals surface area (Å²) in [7, 11) is 0. The Hall–Kier alpha value is -0.530. The van der Waals surface area contributed by atoms with E-state index in [0.29, 0.717) is 0 Å². The Morgan fingerprint density at radius 2 is 1.86 bits per heavy atom. The Morgan fingerprint density at radius 3 is 2.29 bits per heavy atom. The molecule has 0 saturated carbocycles. The van der Waals surface area contributed by atoms with Crippen LogP contribution in [0.3, 0.4) is 0 Å². The second-order valence-corrected chi connectivity index (χ2v) is 5.28. The number of benzene rings is 1. The van der Waals surface area contributed by atoms with Crippen LogP contribution in [0.2, 0.25) is 5.02 Å². The van der Waals surface area contributed by atoms with Crippen molar-refractivity contribution in [3.63, 3.8) is 0 Å². The zero-order valence-corrected chi connectivity index (χ0v) is 10.0. The summed E-state index contributed by atoms with van der Waals surface area (Å²) < 4.78 is 0. The van der Waals surface area contributed by atoms with Crippen molar-refractivity contribution < 1.29 is 0 Å². The molecule has 0 aliphatic heterocycles.